The molecule has 0 unspecified atom stereocenters. The van der Waals surface area contributed by atoms with E-state index in [2.05, 4.69) is 14.0 Å². The first-order valence-electron chi connectivity index (χ1n) is 4.75. The summed E-state index contributed by atoms with van der Waals surface area (Å²) in [5.74, 6) is 0. The summed E-state index contributed by atoms with van der Waals surface area (Å²) in [5.41, 5.74) is 0. The van der Waals surface area contributed by atoms with Crippen molar-refractivity contribution in [1.29, 1.82) is 0 Å². The number of halogens is 8. The molecular weight excluding hydrogens is 364 g/mol. The Morgan fingerprint density at radius 2 is 1.25 bits per heavy atom. The van der Waals surface area contributed by atoms with Gasteiger partial charge >= 0.3 is 18.4 Å². The van der Waals surface area contributed by atoms with Crippen LogP contribution >= 0.6 is 28.6 Å². The normalized spacial score (nSPS) is 14.1. The van der Waals surface area contributed by atoms with Crippen LogP contribution in [0.2, 0.25) is 0 Å². The minimum atomic E-state index is -4.64. The summed E-state index contributed by atoms with van der Waals surface area (Å²) in [7, 11) is 0. The molecule has 122 valence electrons. The molecule has 0 N–H and O–H groups in total. The lowest BCUT2D eigenvalue weighted by molar-refractivity contribution is -0.189. The second-order valence-corrected chi connectivity index (χ2v) is 7.63. The minimum absolute atomic E-state index is 0.846. The van der Waals surface area contributed by atoms with Gasteiger partial charge in [-0.15, -0.1) is 0 Å². The zero-order chi connectivity index (χ0) is 16.0. The van der Waals surface area contributed by atoms with E-state index in [1.807, 2.05) is 0 Å². The zero-order valence-electron chi connectivity index (χ0n) is 9.51. The molecule has 0 bridgehead atoms. The van der Waals surface area contributed by atoms with E-state index in [1.165, 1.54) is 0 Å². The fourth-order valence-electron chi connectivity index (χ4n) is 0.895. The van der Waals surface area contributed by atoms with Gasteiger partial charge in [0.05, 0.1) is 13.2 Å². The molecule has 0 aromatic carbocycles. The fraction of sp³-hybridized carbons (Fsp3) is 1.00. The molecule has 0 heterocycles. The molecule has 0 aliphatic carbocycles. The van der Waals surface area contributed by atoms with Gasteiger partial charge in [-0.3, -0.25) is 9.09 Å². The Kier molecular flexibility index (Phi) is 8.16. The summed E-state index contributed by atoms with van der Waals surface area (Å²) >= 11 is 10.0. The monoisotopic (exact) mass is 372 g/mol. The van der Waals surface area contributed by atoms with Crippen LogP contribution in [-0.2, 0) is 18.6 Å². The van der Waals surface area contributed by atoms with Crippen molar-refractivity contribution in [2.75, 3.05) is 26.4 Å². The summed E-state index contributed by atoms with van der Waals surface area (Å²) in [6, 6.07) is 0. The molecule has 0 aliphatic rings. The summed E-state index contributed by atoms with van der Waals surface area (Å²) < 4.78 is 94.3. The maximum Gasteiger partial charge on any atom is 0.411 e. The highest BCUT2D eigenvalue weighted by molar-refractivity contribution is 8.05. The second-order valence-electron chi connectivity index (χ2n) is 3.40. The fourth-order valence-corrected chi connectivity index (χ4v) is 2.04. The Balaban J connectivity index is 4.25. The van der Waals surface area contributed by atoms with Crippen molar-refractivity contribution < 1.29 is 44.9 Å². The average molecular weight is 373 g/mol. The largest absolute Gasteiger partial charge is 0.411 e. The maximum atomic E-state index is 11.8. The second kappa shape index (κ2) is 8.05. The van der Waals surface area contributed by atoms with Gasteiger partial charge in [0.2, 0.25) is 0 Å². The summed E-state index contributed by atoms with van der Waals surface area (Å²) in [5, 5.41) is 0. The van der Waals surface area contributed by atoms with Crippen molar-refractivity contribution in [2.45, 2.75) is 18.5 Å². The molecular formula is C7H9Cl2F6O4P. The lowest BCUT2D eigenvalue weighted by Gasteiger charge is -2.19. The Morgan fingerprint density at radius 3 is 1.50 bits per heavy atom. The summed E-state index contributed by atoms with van der Waals surface area (Å²) in [6.45, 7) is -5.02. The molecule has 0 fully saturated rings. The van der Waals surface area contributed by atoms with E-state index < -0.39 is 51.0 Å². The quantitative estimate of drug-likeness (QED) is 0.475. The van der Waals surface area contributed by atoms with Gasteiger partial charge in [0.1, 0.15) is 19.3 Å². The van der Waals surface area contributed by atoms with Crippen molar-refractivity contribution in [3.05, 3.63) is 0 Å². The first-order chi connectivity index (χ1) is 8.79. The molecule has 0 aromatic heterocycles. The van der Waals surface area contributed by atoms with E-state index in [0.29, 0.717) is 0 Å². The zero-order valence-corrected chi connectivity index (χ0v) is 11.9. The highest BCUT2D eigenvalue weighted by Gasteiger charge is 2.31. The number of ether oxygens (including phenoxy) is 2. The molecule has 13 heteroatoms. The first kappa shape index (κ1) is 20.3. The molecule has 0 saturated carbocycles. The molecule has 20 heavy (non-hydrogen) atoms. The molecule has 0 aliphatic heterocycles. The lowest BCUT2D eigenvalue weighted by atomic mass is 10.4. The van der Waals surface area contributed by atoms with Crippen LogP contribution in [-0.4, -0.2) is 44.9 Å². The smallest absolute Gasteiger partial charge is 0.369 e. The van der Waals surface area contributed by atoms with Gasteiger partial charge in [-0.1, -0.05) is 0 Å². The van der Waals surface area contributed by atoms with Gasteiger partial charge in [-0.25, -0.2) is 0 Å². The summed E-state index contributed by atoms with van der Waals surface area (Å²) in [6.07, 6.45) is -15.0. The molecule has 0 spiro atoms. The van der Waals surface area contributed by atoms with E-state index in [1.54, 1.807) is 0 Å². The van der Waals surface area contributed by atoms with Gasteiger partial charge < -0.3 is 9.47 Å². The van der Waals surface area contributed by atoms with Crippen molar-refractivity contribution in [3.63, 3.8) is 0 Å². The third-order valence-corrected chi connectivity index (χ3v) is 2.43. The highest BCUT2D eigenvalue weighted by Crippen LogP contribution is 2.58. The van der Waals surface area contributed by atoms with Crippen LogP contribution in [0.4, 0.5) is 26.3 Å². The summed E-state index contributed by atoms with van der Waals surface area (Å²) in [4.78, 5) is 0. The molecule has 0 radical (unpaired) electrons. The maximum absolute atomic E-state index is 11.8. The van der Waals surface area contributed by atoms with E-state index in [0.717, 1.165) is 0 Å². The van der Waals surface area contributed by atoms with Gasteiger partial charge in [0.15, 0.2) is 0 Å². The van der Waals surface area contributed by atoms with Gasteiger partial charge in [-0.2, -0.15) is 26.3 Å². The molecule has 0 rings (SSSR count). The molecule has 0 aromatic rings. The van der Waals surface area contributed by atoms with Crippen molar-refractivity contribution in [3.8, 4) is 0 Å². The van der Waals surface area contributed by atoms with Gasteiger partial charge in [-0.05, 0) is 22.5 Å². The van der Waals surface area contributed by atoms with E-state index in [9.17, 15) is 30.9 Å². The third kappa shape index (κ3) is 14.7. The predicted octanol–water partition coefficient (Wildman–Crippen LogP) is 4.12. The Bertz CT molecular complexity index is 310. The van der Waals surface area contributed by atoms with Gasteiger partial charge in [0, 0.05) is 0 Å². The van der Waals surface area contributed by atoms with E-state index >= 15 is 0 Å². The minimum Gasteiger partial charge on any atom is -0.369 e. The standard InChI is InChI=1S/C7H9Cl2F6O4P/c8-20(9,16)19-5(1-17-3-6(10,11)12)2-18-4-7(13,14)15/h5H,1-4H2. The van der Waals surface area contributed by atoms with E-state index in [4.69, 9.17) is 22.5 Å². The number of hydrogen-bond acceptors (Lipinski definition) is 4. The van der Waals surface area contributed by atoms with Crippen LogP contribution in [0.1, 0.15) is 0 Å². The first-order valence-corrected chi connectivity index (χ1v) is 8.19. The van der Waals surface area contributed by atoms with Crippen LogP contribution in [0.3, 0.4) is 0 Å². The number of alkyl halides is 6. The third-order valence-electron chi connectivity index (χ3n) is 1.41. The molecule has 0 atom stereocenters. The average Bonchev–Trinajstić information content (AvgIpc) is 2.10. The Hall–Kier alpha value is 0.270. The number of rotatable bonds is 8. The number of hydrogen-bond donors (Lipinski definition) is 0. The van der Waals surface area contributed by atoms with Gasteiger partial charge in [0.25, 0.3) is 0 Å². The molecule has 4 nitrogen and oxygen atoms in total. The molecule has 0 amide bonds. The Labute approximate surface area is 119 Å². The van der Waals surface area contributed by atoms with Crippen LogP contribution in [0.25, 0.3) is 0 Å². The van der Waals surface area contributed by atoms with Crippen LogP contribution in [0.15, 0.2) is 0 Å². The van der Waals surface area contributed by atoms with Crippen LogP contribution in [0, 0.1) is 0 Å². The predicted molar refractivity (Wildman–Crippen MR) is 57.9 cm³/mol. The topological polar surface area (TPSA) is 44.8 Å². The van der Waals surface area contributed by atoms with E-state index in [-0.39, 0.29) is 0 Å². The SMILES string of the molecule is O=P(Cl)(Cl)OC(COCC(F)(F)F)COCC(F)(F)F. The van der Waals surface area contributed by atoms with Crippen LogP contribution in [0.5, 0.6) is 0 Å². The van der Waals surface area contributed by atoms with Crippen LogP contribution < -0.4 is 0 Å². The Morgan fingerprint density at radius 1 is 0.900 bits per heavy atom. The highest BCUT2D eigenvalue weighted by atomic mass is 35.9. The van der Waals surface area contributed by atoms with Crippen molar-refractivity contribution in [1.82, 2.24) is 0 Å². The lowest BCUT2D eigenvalue weighted by Crippen LogP contribution is -2.29. The van der Waals surface area contributed by atoms with Crippen molar-refractivity contribution in [2.24, 2.45) is 0 Å². The molecule has 0 saturated heterocycles. The van der Waals surface area contributed by atoms with Crippen molar-refractivity contribution >= 4 is 28.6 Å².